The Balaban J connectivity index is 1.69. The van der Waals surface area contributed by atoms with Crippen LogP contribution in [0.25, 0.3) is 0 Å². The number of hydrogen-bond acceptors (Lipinski definition) is 8. The Bertz CT molecular complexity index is 1400. The number of ether oxygens (including phenoxy) is 2. The van der Waals surface area contributed by atoms with Crippen LogP contribution < -0.4 is 5.32 Å². The van der Waals surface area contributed by atoms with E-state index in [1.54, 1.807) is 27.7 Å². The molecule has 0 radical (unpaired) electrons. The number of pyridine rings is 2. The summed E-state index contributed by atoms with van der Waals surface area (Å²) in [5, 5.41) is 3.23. The van der Waals surface area contributed by atoms with Crippen molar-refractivity contribution >= 4 is 54.3 Å². The van der Waals surface area contributed by atoms with Crippen LogP contribution in [0.1, 0.15) is 50.2 Å². The van der Waals surface area contributed by atoms with Gasteiger partial charge in [0.25, 0.3) is 5.91 Å². The van der Waals surface area contributed by atoms with Gasteiger partial charge >= 0.3 is 6.09 Å². The number of hydrogen-bond donors (Lipinski definition) is 1. The number of amides is 2. The molecule has 3 atom stereocenters. The van der Waals surface area contributed by atoms with Crippen LogP contribution in [-0.2, 0) is 15.0 Å². The first-order valence-corrected chi connectivity index (χ1v) is 18.9. The molecule has 0 bridgehead atoms. The predicted octanol–water partition coefficient (Wildman–Crippen LogP) is 7.12. The number of nitrogens with one attached hydrogen (secondary N) is 1. The SMILES string of the molecule is CC(C)(C)OC(=O)N(COCC[Si](C)(C)C)C1=N[C@](C)(c2cc(NC(=O)c3ccc(Cl)cn3)cnc2F)[C@@H]2C[C@]2(CF)S1. The normalized spacial score (nSPS) is 23.2. The van der Waals surface area contributed by atoms with Gasteiger partial charge in [-0.05, 0) is 58.4 Å². The summed E-state index contributed by atoms with van der Waals surface area (Å²) in [7, 11) is -1.40. The molecule has 0 unspecified atom stereocenters. The lowest BCUT2D eigenvalue weighted by Gasteiger charge is -2.37. The van der Waals surface area contributed by atoms with Gasteiger partial charge in [-0.2, -0.15) is 4.39 Å². The van der Waals surface area contributed by atoms with Crippen LogP contribution in [0, 0.1) is 11.9 Å². The molecule has 1 saturated carbocycles. The summed E-state index contributed by atoms with van der Waals surface area (Å²) < 4.78 is 40.8. The van der Waals surface area contributed by atoms with E-state index < -0.39 is 48.6 Å². The lowest BCUT2D eigenvalue weighted by atomic mass is 9.86. The molecule has 1 N–H and O–H groups in total. The van der Waals surface area contributed by atoms with Gasteiger partial charge in [0.15, 0.2) is 5.17 Å². The quantitative estimate of drug-likeness (QED) is 0.133. The van der Waals surface area contributed by atoms with E-state index in [1.165, 1.54) is 35.5 Å². The fraction of sp³-hybridized carbons (Fsp3) is 0.552. The summed E-state index contributed by atoms with van der Waals surface area (Å²) in [5.41, 5.74) is -1.73. The molecule has 0 spiro atoms. The molecule has 2 aliphatic rings. The molecule has 14 heteroatoms. The second-order valence-corrected chi connectivity index (χ2v) is 20.7. The number of nitrogens with zero attached hydrogens (tertiary/aromatic N) is 4. The maximum Gasteiger partial charge on any atom is 0.418 e. The van der Waals surface area contributed by atoms with Gasteiger partial charge in [-0.15, -0.1) is 0 Å². The van der Waals surface area contributed by atoms with Crippen LogP contribution in [0.5, 0.6) is 0 Å². The number of rotatable bonds is 9. The number of halogens is 3. The first kappa shape index (κ1) is 33.3. The molecule has 1 fully saturated rings. The summed E-state index contributed by atoms with van der Waals surface area (Å²) >= 11 is 7.02. The van der Waals surface area contributed by atoms with Crippen LogP contribution in [0.2, 0.25) is 30.7 Å². The smallest absolute Gasteiger partial charge is 0.418 e. The Hall–Kier alpha value is -2.61. The second kappa shape index (κ2) is 12.4. The fourth-order valence-electron chi connectivity index (χ4n) is 4.74. The molecule has 3 heterocycles. The summed E-state index contributed by atoms with van der Waals surface area (Å²) in [6.07, 6.45) is 2.24. The van der Waals surface area contributed by atoms with Crippen molar-refractivity contribution in [2.75, 3.05) is 25.3 Å². The summed E-state index contributed by atoms with van der Waals surface area (Å²) in [4.78, 5) is 40.2. The van der Waals surface area contributed by atoms with Crippen molar-refractivity contribution in [2.24, 2.45) is 10.9 Å². The van der Waals surface area contributed by atoms with E-state index >= 15 is 4.39 Å². The summed E-state index contributed by atoms with van der Waals surface area (Å²) in [6.45, 7) is 13.2. The lowest BCUT2D eigenvalue weighted by Crippen LogP contribution is -2.46. The third-order valence-electron chi connectivity index (χ3n) is 7.22. The van der Waals surface area contributed by atoms with Crippen LogP contribution in [-0.4, -0.2) is 70.5 Å². The molecule has 2 aromatic rings. The summed E-state index contributed by atoms with van der Waals surface area (Å²) in [6, 6.07) is 5.31. The Morgan fingerprint density at radius 1 is 1.23 bits per heavy atom. The van der Waals surface area contributed by atoms with Crippen LogP contribution >= 0.6 is 23.4 Å². The Labute approximate surface area is 261 Å². The highest BCUT2D eigenvalue weighted by Gasteiger charge is 2.67. The number of fused-ring (bicyclic) bond motifs is 1. The number of amidine groups is 1. The van der Waals surface area contributed by atoms with Crippen molar-refractivity contribution in [1.82, 2.24) is 14.9 Å². The number of anilines is 1. The number of aliphatic imine (C=N–C) groups is 1. The van der Waals surface area contributed by atoms with E-state index in [1.807, 2.05) is 0 Å². The Morgan fingerprint density at radius 3 is 2.56 bits per heavy atom. The molecule has 234 valence electrons. The average Bonchev–Trinajstić information content (AvgIpc) is 3.65. The molecule has 0 saturated heterocycles. The molecule has 1 aliphatic carbocycles. The van der Waals surface area contributed by atoms with Gasteiger partial charge in [-0.25, -0.2) is 24.1 Å². The molecule has 1 aliphatic heterocycles. The topological polar surface area (TPSA) is 106 Å². The van der Waals surface area contributed by atoms with E-state index in [9.17, 15) is 14.0 Å². The first-order chi connectivity index (χ1) is 20.0. The Morgan fingerprint density at radius 2 is 1.95 bits per heavy atom. The van der Waals surface area contributed by atoms with Crippen molar-refractivity contribution < 1.29 is 27.8 Å². The predicted molar refractivity (Wildman–Crippen MR) is 168 cm³/mol. The molecule has 9 nitrogen and oxygen atoms in total. The molecular weight excluding hydrogens is 616 g/mol. The van der Waals surface area contributed by atoms with Gasteiger partial charge in [0.05, 0.1) is 27.2 Å². The van der Waals surface area contributed by atoms with Gasteiger partial charge in [0.1, 0.15) is 24.7 Å². The number of carbonyl (C=O) groups is 2. The van der Waals surface area contributed by atoms with Crippen molar-refractivity contribution in [1.29, 1.82) is 0 Å². The third-order valence-corrected chi connectivity index (χ3v) is 10.6. The van der Waals surface area contributed by atoms with Crippen LogP contribution in [0.3, 0.4) is 0 Å². The van der Waals surface area contributed by atoms with Crippen molar-refractivity contribution in [3.63, 3.8) is 0 Å². The van der Waals surface area contributed by atoms with E-state index in [4.69, 9.17) is 26.1 Å². The van der Waals surface area contributed by atoms with Gasteiger partial charge in [0.2, 0.25) is 5.95 Å². The maximum absolute atomic E-state index is 15.4. The molecule has 43 heavy (non-hydrogen) atoms. The molecule has 4 rings (SSSR count). The standard InChI is InChI=1S/C29H38ClF2N5O4SSi/c1-27(2,3)41-26(39)37(17-40-10-11-43(5,6)7)25-36-28(4,22-13-29(22,16-31)42-25)20-12-19(15-34-23(20)32)35-24(38)21-9-8-18(30)14-33-21/h8-9,12,14-15,22H,10-11,13,16-17H2,1-7H3,(H,35,38)/t22-,28+,29+/m0/s1. The van der Waals surface area contributed by atoms with E-state index in [0.717, 1.165) is 17.8 Å². The molecular formula is C29H38ClF2N5O4SSi. The minimum atomic E-state index is -1.40. The molecule has 0 aromatic carbocycles. The van der Waals surface area contributed by atoms with Crippen LogP contribution in [0.15, 0.2) is 35.6 Å². The highest BCUT2D eigenvalue weighted by Crippen LogP contribution is 2.66. The van der Waals surface area contributed by atoms with E-state index in [0.29, 0.717) is 18.1 Å². The molecule has 2 aromatic heterocycles. The highest BCUT2D eigenvalue weighted by atomic mass is 35.5. The first-order valence-electron chi connectivity index (χ1n) is 14.0. The zero-order valence-corrected chi connectivity index (χ0v) is 28.0. The van der Waals surface area contributed by atoms with E-state index in [-0.39, 0.29) is 34.8 Å². The van der Waals surface area contributed by atoms with Gasteiger partial charge < -0.3 is 14.8 Å². The zero-order valence-electron chi connectivity index (χ0n) is 25.5. The lowest BCUT2D eigenvalue weighted by molar-refractivity contribution is 0.0110. The second-order valence-electron chi connectivity index (χ2n) is 13.2. The van der Waals surface area contributed by atoms with Gasteiger partial charge in [-0.1, -0.05) is 43.0 Å². The largest absolute Gasteiger partial charge is 0.443 e. The third kappa shape index (κ3) is 7.92. The monoisotopic (exact) mass is 653 g/mol. The van der Waals surface area contributed by atoms with Gasteiger partial charge in [0, 0.05) is 32.4 Å². The average molecular weight is 654 g/mol. The van der Waals surface area contributed by atoms with Crippen molar-refractivity contribution in [3.8, 4) is 0 Å². The van der Waals surface area contributed by atoms with Crippen LogP contribution in [0.4, 0.5) is 19.3 Å². The minimum absolute atomic E-state index is 0.0660. The number of aromatic nitrogens is 2. The van der Waals surface area contributed by atoms with Gasteiger partial charge in [-0.3, -0.25) is 9.79 Å². The van der Waals surface area contributed by atoms with Crippen molar-refractivity contribution in [3.05, 3.63) is 52.8 Å². The summed E-state index contributed by atoms with van der Waals surface area (Å²) in [5.74, 6) is -1.73. The zero-order chi connectivity index (χ0) is 31.8. The maximum atomic E-state index is 15.4. The highest BCUT2D eigenvalue weighted by molar-refractivity contribution is 8.15. The number of thioether (sulfide) groups is 1. The number of carbonyl (C=O) groups excluding carboxylic acids is 2. The van der Waals surface area contributed by atoms with Crippen molar-refractivity contribution in [2.45, 2.75) is 75.7 Å². The number of alkyl halides is 1. The molecule has 2 amide bonds. The van der Waals surface area contributed by atoms with E-state index in [2.05, 4.69) is 34.9 Å². The fourth-order valence-corrected chi connectivity index (χ4v) is 7.12. The Kier molecular flexibility index (Phi) is 9.61. The minimum Gasteiger partial charge on any atom is -0.443 e.